The van der Waals surface area contributed by atoms with E-state index in [0.29, 0.717) is 18.8 Å². The van der Waals surface area contributed by atoms with Crippen molar-refractivity contribution < 1.29 is 13.2 Å². The molecule has 0 atom stereocenters. The van der Waals surface area contributed by atoms with Gasteiger partial charge < -0.3 is 16.0 Å². The molecule has 1 aliphatic rings. The van der Waals surface area contributed by atoms with Gasteiger partial charge in [-0.05, 0) is 31.0 Å². The number of nitrogens with one attached hydrogen (secondary N) is 1. The molecule has 0 unspecified atom stereocenters. The summed E-state index contributed by atoms with van der Waals surface area (Å²) in [6.07, 6.45) is 2.17. The second-order valence-corrected chi connectivity index (χ2v) is 7.65. The quantitative estimate of drug-likeness (QED) is 0.767. The van der Waals surface area contributed by atoms with Crippen molar-refractivity contribution in [1.82, 2.24) is 4.31 Å². The van der Waals surface area contributed by atoms with E-state index in [1.165, 1.54) is 10.4 Å². The molecule has 1 saturated heterocycles. The first-order chi connectivity index (χ1) is 11.4. The van der Waals surface area contributed by atoms with Gasteiger partial charge in [-0.1, -0.05) is 13.8 Å². The van der Waals surface area contributed by atoms with Crippen LogP contribution in [0.1, 0.15) is 26.7 Å². The van der Waals surface area contributed by atoms with Gasteiger partial charge in [-0.3, -0.25) is 4.79 Å². The van der Waals surface area contributed by atoms with Crippen LogP contribution in [0.15, 0.2) is 23.1 Å². The van der Waals surface area contributed by atoms with Crippen molar-refractivity contribution in [3.8, 4) is 0 Å². The highest BCUT2D eigenvalue weighted by atomic mass is 32.2. The third-order valence-electron chi connectivity index (χ3n) is 4.22. The van der Waals surface area contributed by atoms with Gasteiger partial charge in [0.15, 0.2) is 0 Å². The van der Waals surface area contributed by atoms with E-state index in [4.69, 9.17) is 5.73 Å². The maximum Gasteiger partial charge on any atom is 0.243 e. The molecule has 1 heterocycles. The van der Waals surface area contributed by atoms with Gasteiger partial charge in [-0.25, -0.2) is 8.42 Å². The van der Waals surface area contributed by atoms with E-state index >= 15 is 0 Å². The molecular weight excluding hydrogens is 328 g/mol. The molecule has 1 aromatic carbocycles. The Kier molecular flexibility index (Phi) is 6.20. The topological polar surface area (TPSA) is 95.7 Å². The van der Waals surface area contributed by atoms with Crippen LogP contribution in [0.3, 0.4) is 0 Å². The Morgan fingerprint density at radius 2 is 1.88 bits per heavy atom. The molecule has 0 spiro atoms. The number of nitrogens with zero attached hydrogens (tertiary/aromatic N) is 2. The fraction of sp³-hybridized carbons (Fsp3) is 0.562. The average molecular weight is 354 g/mol. The van der Waals surface area contributed by atoms with Crippen LogP contribution in [0.5, 0.6) is 0 Å². The molecule has 1 fully saturated rings. The minimum atomic E-state index is -3.57. The van der Waals surface area contributed by atoms with E-state index in [1.54, 1.807) is 26.0 Å². The first kappa shape index (κ1) is 18.7. The molecule has 24 heavy (non-hydrogen) atoms. The summed E-state index contributed by atoms with van der Waals surface area (Å²) in [6.45, 7) is 6.05. The summed E-state index contributed by atoms with van der Waals surface area (Å²) >= 11 is 0. The number of amides is 1. The number of rotatable bonds is 7. The minimum Gasteiger partial charge on any atom is -0.370 e. The second kappa shape index (κ2) is 7.96. The van der Waals surface area contributed by atoms with Crippen LogP contribution in [0.4, 0.5) is 11.4 Å². The number of hydrogen-bond acceptors (Lipinski definition) is 5. The Morgan fingerprint density at radius 3 is 2.42 bits per heavy atom. The van der Waals surface area contributed by atoms with Gasteiger partial charge in [0, 0.05) is 26.2 Å². The molecule has 0 bridgehead atoms. The van der Waals surface area contributed by atoms with Gasteiger partial charge in [0.05, 0.1) is 22.8 Å². The Morgan fingerprint density at radius 1 is 1.25 bits per heavy atom. The standard InChI is InChI=1S/C16H26N4O3S/c1-3-20(4-2)24(22,23)13-7-8-15(19-9-5-6-10-19)14(11-13)18-16(21)12-17/h7-8,11H,3-6,9-10,12,17H2,1-2H3,(H,18,21). The van der Waals surface area contributed by atoms with E-state index < -0.39 is 10.0 Å². The molecule has 1 aromatic rings. The molecule has 3 N–H and O–H groups in total. The molecule has 7 nitrogen and oxygen atoms in total. The lowest BCUT2D eigenvalue weighted by molar-refractivity contribution is -0.114. The molecule has 0 radical (unpaired) electrons. The van der Waals surface area contributed by atoms with Crippen molar-refractivity contribution in [2.24, 2.45) is 5.73 Å². The SMILES string of the molecule is CCN(CC)S(=O)(=O)c1ccc(N2CCCC2)c(NC(=O)CN)c1. The summed E-state index contributed by atoms with van der Waals surface area (Å²) in [7, 11) is -3.57. The van der Waals surface area contributed by atoms with Crippen LogP contribution in [-0.4, -0.2) is 51.4 Å². The Bertz CT molecular complexity index is 681. The van der Waals surface area contributed by atoms with E-state index in [0.717, 1.165) is 31.6 Å². The molecule has 2 rings (SSSR count). The number of carbonyl (C=O) groups is 1. The zero-order valence-electron chi connectivity index (χ0n) is 14.3. The number of hydrogen-bond donors (Lipinski definition) is 2. The van der Waals surface area contributed by atoms with Gasteiger partial charge in [0.25, 0.3) is 0 Å². The molecule has 0 aliphatic carbocycles. The number of nitrogens with two attached hydrogens (primary N) is 1. The molecule has 0 aromatic heterocycles. The van der Waals surface area contributed by atoms with Crippen LogP contribution in [-0.2, 0) is 14.8 Å². The van der Waals surface area contributed by atoms with Crippen LogP contribution >= 0.6 is 0 Å². The lowest BCUT2D eigenvalue weighted by Gasteiger charge is -2.24. The maximum atomic E-state index is 12.7. The Labute approximate surface area is 143 Å². The summed E-state index contributed by atoms with van der Waals surface area (Å²) in [5, 5.41) is 2.74. The zero-order chi connectivity index (χ0) is 17.7. The van der Waals surface area contributed by atoms with Crippen molar-refractivity contribution >= 4 is 27.3 Å². The zero-order valence-corrected chi connectivity index (χ0v) is 15.1. The number of carbonyl (C=O) groups excluding carboxylic acids is 1. The van der Waals surface area contributed by atoms with Crippen molar-refractivity contribution in [2.45, 2.75) is 31.6 Å². The van der Waals surface area contributed by atoms with Gasteiger partial charge in [0.2, 0.25) is 15.9 Å². The third-order valence-corrected chi connectivity index (χ3v) is 6.26. The molecule has 134 valence electrons. The fourth-order valence-corrected chi connectivity index (χ4v) is 4.41. The highest BCUT2D eigenvalue weighted by Gasteiger charge is 2.24. The van der Waals surface area contributed by atoms with Crippen LogP contribution in [0, 0.1) is 0 Å². The maximum absolute atomic E-state index is 12.7. The minimum absolute atomic E-state index is 0.146. The molecule has 8 heteroatoms. The van der Waals surface area contributed by atoms with Gasteiger partial charge in [-0.2, -0.15) is 4.31 Å². The third kappa shape index (κ3) is 3.88. The number of benzene rings is 1. The predicted octanol–water partition coefficient (Wildman–Crippen LogP) is 1.21. The molecule has 1 aliphatic heterocycles. The second-order valence-electron chi connectivity index (χ2n) is 5.71. The van der Waals surface area contributed by atoms with Crippen molar-refractivity contribution in [3.05, 3.63) is 18.2 Å². The highest BCUT2D eigenvalue weighted by molar-refractivity contribution is 7.89. The number of sulfonamides is 1. The molecule has 0 saturated carbocycles. The Hall–Kier alpha value is -1.64. The van der Waals surface area contributed by atoms with E-state index in [9.17, 15) is 13.2 Å². The predicted molar refractivity (Wildman–Crippen MR) is 95.7 cm³/mol. The van der Waals surface area contributed by atoms with Gasteiger partial charge in [0.1, 0.15) is 0 Å². The highest BCUT2D eigenvalue weighted by Crippen LogP contribution is 2.32. The van der Waals surface area contributed by atoms with Crippen molar-refractivity contribution in [1.29, 1.82) is 0 Å². The smallest absolute Gasteiger partial charge is 0.243 e. The van der Waals surface area contributed by atoms with Gasteiger partial charge in [-0.15, -0.1) is 0 Å². The largest absolute Gasteiger partial charge is 0.370 e. The van der Waals surface area contributed by atoms with E-state index in [-0.39, 0.29) is 17.3 Å². The lowest BCUT2D eigenvalue weighted by Crippen LogP contribution is -2.31. The summed E-state index contributed by atoms with van der Waals surface area (Å²) in [5.41, 5.74) is 6.73. The van der Waals surface area contributed by atoms with E-state index in [2.05, 4.69) is 10.2 Å². The van der Waals surface area contributed by atoms with Crippen molar-refractivity contribution in [2.75, 3.05) is 42.9 Å². The molecule has 1 amide bonds. The van der Waals surface area contributed by atoms with Gasteiger partial charge >= 0.3 is 0 Å². The molecular formula is C16H26N4O3S. The summed E-state index contributed by atoms with van der Waals surface area (Å²) in [4.78, 5) is 14.1. The first-order valence-electron chi connectivity index (χ1n) is 8.33. The fourth-order valence-electron chi connectivity index (χ4n) is 2.92. The summed E-state index contributed by atoms with van der Waals surface area (Å²) < 4.78 is 26.8. The van der Waals surface area contributed by atoms with Crippen LogP contribution < -0.4 is 16.0 Å². The van der Waals surface area contributed by atoms with Crippen molar-refractivity contribution in [3.63, 3.8) is 0 Å². The summed E-state index contributed by atoms with van der Waals surface area (Å²) in [5.74, 6) is -0.340. The summed E-state index contributed by atoms with van der Waals surface area (Å²) in [6, 6.07) is 4.92. The normalized spacial score (nSPS) is 15.1. The average Bonchev–Trinajstić information content (AvgIpc) is 3.09. The van der Waals surface area contributed by atoms with E-state index in [1.807, 2.05) is 0 Å². The number of anilines is 2. The lowest BCUT2D eigenvalue weighted by atomic mass is 10.2. The monoisotopic (exact) mass is 354 g/mol. The Balaban J connectivity index is 2.44. The van der Waals surface area contributed by atoms with Crippen LogP contribution in [0.2, 0.25) is 0 Å². The first-order valence-corrected chi connectivity index (χ1v) is 9.77. The van der Waals surface area contributed by atoms with Crippen LogP contribution in [0.25, 0.3) is 0 Å².